The van der Waals surface area contributed by atoms with Gasteiger partial charge in [-0.1, -0.05) is 32.3 Å². The molecule has 1 aromatic carbocycles. The highest BCUT2D eigenvalue weighted by molar-refractivity contribution is 5.59. The van der Waals surface area contributed by atoms with Gasteiger partial charge in [-0.25, -0.2) is 0 Å². The van der Waals surface area contributed by atoms with Gasteiger partial charge < -0.3 is 11.1 Å². The molecule has 0 bridgehead atoms. The van der Waals surface area contributed by atoms with Gasteiger partial charge in [-0.3, -0.25) is 0 Å². The number of rotatable bonds is 2. The third-order valence-electron chi connectivity index (χ3n) is 3.96. The molecule has 2 nitrogen and oxygen atoms in total. The molecule has 2 unspecified atom stereocenters. The lowest BCUT2D eigenvalue weighted by Crippen LogP contribution is -2.26. The molecule has 17 heavy (non-hydrogen) atoms. The summed E-state index contributed by atoms with van der Waals surface area (Å²) < 4.78 is 0. The summed E-state index contributed by atoms with van der Waals surface area (Å²) in [4.78, 5) is 0. The number of hydrogen-bond donors (Lipinski definition) is 2. The molecule has 1 aliphatic rings. The summed E-state index contributed by atoms with van der Waals surface area (Å²) in [5, 5.41) is 3.70. The molecular weight excluding hydrogens is 208 g/mol. The van der Waals surface area contributed by atoms with Crippen molar-refractivity contribution in [2.24, 2.45) is 5.92 Å². The minimum Gasteiger partial charge on any atom is -0.399 e. The SMILES string of the molecule is Cc1ccc(N)cc1NC1CCCCCC1C. The molecule has 1 fully saturated rings. The van der Waals surface area contributed by atoms with Crippen LogP contribution < -0.4 is 11.1 Å². The molecule has 0 saturated heterocycles. The quantitative estimate of drug-likeness (QED) is 0.598. The molecule has 0 amide bonds. The fourth-order valence-electron chi connectivity index (χ4n) is 2.70. The molecule has 94 valence electrons. The van der Waals surface area contributed by atoms with Gasteiger partial charge in [0.15, 0.2) is 0 Å². The smallest absolute Gasteiger partial charge is 0.0392 e. The third-order valence-corrected chi connectivity index (χ3v) is 3.96. The summed E-state index contributed by atoms with van der Waals surface area (Å²) in [5.41, 5.74) is 9.20. The van der Waals surface area contributed by atoms with Crippen molar-refractivity contribution in [3.8, 4) is 0 Å². The summed E-state index contributed by atoms with van der Waals surface area (Å²) in [6, 6.07) is 6.74. The molecule has 0 spiro atoms. The highest BCUT2D eigenvalue weighted by Crippen LogP contribution is 2.27. The van der Waals surface area contributed by atoms with Crippen molar-refractivity contribution in [3.05, 3.63) is 23.8 Å². The van der Waals surface area contributed by atoms with E-state index < -0.39 is 0 Å². The molecule has 1 aromatic rings. The number of hydrogen-bond acceptors (Lipinski definition) is 2. The molecule has 1 saturated carbocycles. The second-order valence-corrected chi connectivity index (χ2v) is 5.44. The van der Waals surface area contributed by atoms with Crippen LogP contribution in [0, 0.1) is 12.8 Å². The van der Waals surface area contributed by atoms with Crippen molar-refractivity contribution in [3.63, 3.8) is 0 Å². The van der Waals surface area contributed by atoms with Crippen LogP contribution in [0.4, 0.5) is 11.4 Å². The summed E-state index contributed by atoms with van der Waals surface area (Å²) in [6.45, 7) is 4.51. The largest absolute Gasteiger partial charge is 0.399 e. The van der Waals surface area contributed by atoms with Crippen LogP contribution in [0.2, 0.25) is 0 Å². The van der Waals surface area contributed by atoms with E-state index in [9.17, 15) is 0 Å². The second-order valence-electron chi connectivity index (χ2n) is 5.44. The van der Waals surface area contributed by atoms with Gasteiger partial charge in [-0.15, -0.1) is 0 Å². The van der Waals surface area contributed by atoms with Crippen molar-refractivity contribution in [1.29, 1.82) is 0 Å². The average Bonchev–Trinajstić information content (AvgIpc) is 2.50. The normalized spacial score (nSPS) is 25.3. The van der Waals surface area contributed by atoms with Gasteiger partial charge in [0.25, 0.3) is 0 Å². The van der Waals surface area contributed by atoms with Crippen LogP contribution >= 0.6 is 0 Å². The maximum Gasteiger partial charge on any atom is 0.0392 e. The average molecular weight is 232 g/mol. The minimum atomic E-state index is 0.609. The van der Waals surface area contributed by atoms with Gasteiger partial charge in [-0.2, -0.15) is 0 Å². The minimum absolute atomic E-state index is 0.609. The standard InChI is InChI=1S/C15H24N2/c1-11-6-4-3-5-7-14(11)17-15-10-13(16)9-8-12(15)2/h8-11,14,17H,3-7,16H2,1-2H3. The first-order valence-electron chi connectivity index (χ1n) is 6.79. The van der Waals surface area contributed by atoms with E-state index in [1.807, 2.05) is 6.07 Å². The number of nitrogens with two attached hydrogens (primary N) is 1. The van der Waals surface area contributed by atoms with E-state index in [-0.39, 0.29) is 0 Å². The van der Waals surface area contributed by atoms with Crippen molar-refractivity contribution in [2.75, 3.05) is 11.1 Å². The summed E-state index contributed by atoms with van der Waals surface area (Å²) >= 11 is 0. The summed E-state index contributed by atoms with van der Waals surface area (Å²) in [6.07, 6.45) is 6.76. The number of nitrogens with one attached hydrogen (secondary N) is 1. The fourth-order valence-corrected chi connectivity index (χ4v) is 2.70. The monoisotopic (exact) mass is 232 g/mol. The Balaban J connectivity index is 2.10. The Bertz CT molecular complexity index is 373. The van der Waals surface area contributed by atoms with E-state index in [0.29, 0.717) is 6.04 Å². The van der Waals surface area contributed by atoms with Crippen LogP contribution in [0.3, 0.4) is 0 Å². The molecule has 0 aliphatic heterocycles. The number of nitrogen functional groups attached to an aromatic ring is 1. The first-order chi connectivity index (χ1) is 8.16. The Morgan fingerprint density at radius 2 is 1.94 bits per heavy atom. The highest BCUT2D eigenvalue weighted by atomic mass is 14.9. The highest BCUT2D eigenvalue weighted by Gasteiger charge is 2.19. The van der Waals surface area contributed by atoms with Gasteiger partial charge >= 0.3 is 0 Å². The summed E-state index contributed by atoms with van der Waals surface area (Å²) in [5.74, 6) is 0.762. The lowest BCUT2D eigenvalue weighted by Gasteiger charge is -2.25. The molecule has 0 heterocycles. The van der Waals surface area contributed by atoms with Crippen LogP contribution in [0.15, 0.2) is 18.2 Å². The Kier molecular flexibility index (Phi) is 3.93. The van der Waals surface area contributed by atoms with Crippen LogP contribution in [0.1, 0.15) is 44.6 Å². The topological polar surface area (TPSA) is 38.0 Å². The van der Waals surface area contributed by atoms with Crippen molar-refractivity contribution < 1.29 is 0 Å². The van der Waals surface area contributed by atoms with Crippen LogP contribution in [0.5, 0.6) is 0 Å². The van der Waals surface area contributed by atoms with Gasteiger partial charge in [0, 0.05) is 17.4 Å². The molecule has 0 aromatic heterocycles. The van der Waals surface area contributed by atoms with Crippen molar-refractivity contribution >= 4 is 11.4 Å². The number of benzene rings is 1. The van der Waals surface area contributed by atoms with Crippen molar-refractivity contribution in [2.45, 2.75) is 52.0 Å². The van der Waals surface area contributed by atoms with E-state index in [0.717, 1.165) is 11.6 Å². The predicted molar refractivity (Wildman–Crippen MR) is 75.3 cm³/mol. The van der Waals surface area contributed by atoms with E-state index in [1.54, 1.807) is 0 Å². The Morgan fingerprint density at radius 1 is 1.18 bits per heavy atom. The maximum atomic E-state index is 5.86. The van der Waals surface area contributed by atoms with E-state index >= 15 is 0 Å². The molecule has 1 aliphatic carbocycles. The first-order valence-corrected chi connectivity index (χ1v) is 6.79. The number of anilines is 2. The summed E-state index contributed by atoms with van der Waals surface area (Å²) in [7, 11) is 0. The molecule has 2 heteroatoms. The molecular formula is C15H24N2. The molecule has 2 atom stereocenters. The van der Waals surface area contributed by atoms with Crippen LogP contribution in [0.25, 0.3) is 0 Å². The first kappa shape index (κ1) is 12.3. The lowest BCUT2D eigenvalue weighted by atomic mass is 9.96. The third kappa shape index (κ3) is 3.15. The van der Waals surface area contributed by atoms with Gasteiger partial charge in [0.05, 0.1) is 0 Å². The van der Waals surface area contributed by atoms with Crippen LogP contribution in [-0.2, 0) is 0 Å². The Morgan fingerprint density at radius 3 is 2.76 bits per heavy atom. The Hall–Kier alpha value is -1.18. The molecule has 3 N–H and O–H groups in total. The van der Waals surface area contributed by atoms with E-state index in [2.05, 4.69) is 31.3 Å². The van der Waals surface area contributed by atoms with E-state index in [4.69, 9.17) is 5.73 Å². The molecule has 2 rings (SSSR count). The number of aryl methyl sites for hydroxylation is 1. The second kappa shape index (κ2) is 5.44. The lowest BCUT2D eigenvalue weighted by molar-refractivity contribution is 0.456. The zero-order valence-electron chi connectivity index (χ0n) is 11.0. The van der Waals surface area contributed by atoms with Gasteiger partial charge in [0.1, 0.15) is 0 Å². The van der Waals surface area contributed by atoms with Gasteiger partial charge in [-0.05, 0) is 43.4 Å². The van der Waals surface area contributed by atoms with E-state index in [1.165, 1.54) is 43.4 Å². The van der Waals surface area contributed by atoms with Crippen LogP contribution in [-0.4, -0.2) is 6.04 Å². The zero-order valence-corrected chi connectivity index (χ0v) is 11.0. The molecule has 0 radical (unpaired) electrons. The van der Waals surface area contributed by atoms with Gasteiger partial charge in [0.2, 0.25) is 0 Å². The Labute approximate surface area is 105 Å². The maximum absolute atomic E-state index is 5.86. The van der Waals surface area contributed by atoms with Crippen molar-refractivity contribution in [1.82, 2.24) is 0 Å². The predicted octanol–water partition coefficient (Wildman–Crippen LogP) is 3.96. The zero-order chi connectivity index (χ0) is 12.3. The fraction of sp³-hybridized carbons (Fsp3) is 0.600.